The van der Waals surface area contributed by atoms with E-state index < -0.39 is 0 Å². The first kappa shape index (κ1) is 17.5. The molecule has 2 N–H and O–H groups in total. The Labute approximate surface area is 158 Å². The molecule has 2 aliphatic carbocycles. The number of nitro benzene ring substituents is 1. The van der Waals surface area contributed by atoms with Crippen LogP contribution in [0, 0.1) is 10.1 Å². The minimum atomic E-state index is -0.379. The Bertz CT molecular complexity index is 844. The number of nitrogens with zero attached hydrogens (tertiary/aromatic N) is 2. The molecule has 2 aliphatic rings. The zero-order valence-corrected chi connectivity index (χ0v) is 15.2. The highest BCUT2D eigenvalue weighted by molar-refractivity contribution is 5.80. The van der Waals surface area contributed by atoms with Crippen molar-refractivity contribution in [3.05, 3.63) is 75.3 Å². The van der Waals surface area contributed by atoms with Crippen LogP contribution in [0.1, 0.15) is 36.0 Å². The number of nitro groups is 1. The summed E-state index contributed by atoms with van der Waals surface area (Å²) in [4.78, 5) is 15.1. The van der Waals surface area contributed by atoms with Crippen molar-refractivity contribution in [1.29, 1.82) is 0 Å². The number of benzene rings is 2. The third-order valence-electron chi connectivity index (χ3n) is 5.17. The molecule has 0 aliphatic heterocycles. The Balaban J connectivity index is 1.41. The van der Waals surface area contributed by atoms with Crippen LogP contribution in [0.4, 0.5) is 5.69 Å². The van der Waals surface area contributed by atoms with Gasteiger partial charge < -0.3 is 10.6 Å². The van der Waals surface area contributed by atoms with E-state index in [0.717, 1.165) is 30.8 Å². The van der Waals surface area contributed by atoms with Crippen molar-refractivity contribution < 1.29 is 4.92 Å². The third kappa shape index (κ3) is 4.64. The molecule has 0 bridgehead atoms. The summed E-state index contributed by atoms with van der Waals surface area (Å²) in [6, 6.07) is 16.1. The third-order valence-corrected chi connectivity index (χ3v) is 5.17. The molecule has 0 amide bonds. The van der Waals surface area contributed by atoms with Gasteiger partial charge in [-0.1, -0.05) is 36.4 Å². The average molecular weight is 364 g/mol. The monoisotopic (exact) mass is 364 g/mol. The number of hydrogen-bond acceptors (Lipinski definition) is 3. The second-order valence-electron chi connectivity index (χ2n) is 7.36. The molecule has 2 aromatic carbocycles. The Kier molecular flexibility index (Phi) is 5.05. The van der Waals surface area contributed by atoms with Gasteiger partial charge in [0, 0.05) is 24.2 Å². The Morgan fingerprint density at radius 3 is 2.41 bits per heavy atom. The van der Waals surface area contributed by atoms with E-state index in [1.807, 2.05) is 0 Å². The topological polar surface area (TPSA) is 79.6 Å². The molecular formula is C21H24N4O2. The lowest BCUT2D eigenvalue weighted by molar-refractivity contribution is -0.384. The molecule has 0 aromatic heterocycles. The van der Waals surface area contributed by atoms with Crippen molar-refractivity contribution >= 4 is 11.6 Å². The highest BCUT2D eigenvalue weighted by atomic mass is 16.6. The molecule has 140 valence electrons. The summed E-state index contributed by atoms with van der Waals surface area (Å²) >= 11 is 0. The molecule has 0 saturated heterocycles. The van der Waals surface area contributed by atoms with Crippen molar-refractivity contribution in [2.45, 2.75) is 50.7 Å². The van der Waals surface area contributed by atoms with Gasteiger partial charge in [-0.2, -0.15) is 0 Å². The van der Waals surface area contributed by atoms with E-state index in [1.54, 1.807) is 12.1 Å². The van der Waals surface area contributed by atoms with Gasteiger partial charge in [0.2, 0.25) is 0 Å². The molecule has 6 nitrogen and oxygen atoms in total. The number of nitrogens with one attached hydrogen (secondary N) is 2. The largest absolute Gasteiger partial charge is 0.354 e. The molecule has 1 saturated carbocycles. The standard InChI is InChI=1S/C21H24N4O2/c26-25(27)20-11-5-15(6-12-20)14-22-21(23-18-9-10-18)24-19-8-7-16-3-1-2-4-17(16)13-19/h1-6,11-12,18-19H,7-10,13-14H2,(H2,22,23,24). The summed E-state index contributed by atoms with van der Waals surface area (Å²) < 4.78 is 0. The summed E-state index contributed by atoms with van der Waals surface area (Å²) in [5.74, 6) is 0.847. The fourth-order valence-electron chi connectivity index (χ4n) is 3.46. The van der Waals surface area contributed by atoms with E-state index in [2.05, 4.69) is 34.9 Å². The van der Waals surface area contributed by atoms with E-state index >= 15 is 0 Å². The number of aliphatic imine (C=N–C) groups is 1. The molecule has 0 spiro atoms. The van der Waals surface area contributed by atoms with E-state index in [9.17, 15) is 10.1 Å². The lowest BCUT2D eigenvalue weighted by Crippen LogP contribution is -2.46. The van der Waals surface area contributed by atoms with Crippen LogP contribution < -0.4 is 10.6 Å². The molecular weight excluding hydrogens is 340 g/mol. The summed E-state index contributed by atoms with van der Waals surface area (Å²) in [5.41, 5.74) is 3.95. The Hall–Kier alpha value is -2.89. The number of non-ortho nitro benzene ring substituents is 1. The van der Waals surface area contributed by atoms with Gasteiger partial charge in [-0.25, -0.2) is 4.99 Å². The van der Waals surface area contributed by atoms with Crippen LogP contribution in [0.3, 0.4) is 0 Å². The zero-order valence-electron chi connectivity index (χ0n) is 15.2. The van der Waals surface area contributed by atoms with Crippen LogP contribution in [-0.2, 0) is 19.4 Å². The van der Waals surface area contributed by atoms with Crippen molar-refractivity contribution in [2.75, 3.05) is 0 Å². The second-order valence-corrected chi connectivity index (χ2v) is 7.36. The maximum Gasteiger partial charge on any atom is 0.269 e. The highest BCUT2D eigenvalue weighted by Gasteiger charge is 2.24. The van der Waals surface area contributed by atoms with Gasteiger partial charge in [0.05, 0.1) is 11.5 Å². The molecule has 1 fully saturated rings. The van der Waals surface area contributed by atoms with Crippen LogP contribution >= 0.6 is 0 Å². The van der Waals surface area contributed by atoms with E-state index in [1.165, 1.54) is 36.1 Å². The van der Waals surface area contributed by atoms with Crippen LogP contribution in [0.2, 0.25) is 0 Å². The lowest BCUT2D eigenvalue weighted by Gasteiger charge is -2.27. The van der Waals surface area contributed by atoms with Gasteiger partial charge in [-0.05, 0) is 48.8 Å². The summed E-state index contributed by atoms with van der Waals surface area (Å²) in [5, 5.41) is 17.9. The molecule has 1 unspecified atom stereocenters. The van der Waals surface area contributed by atoms with E-state index in [4.69, 9.17) is 4.99 Å². The molecule has 27 heavy (non-hydrogen) atoms. The molecule has 4 rings (SSSR count). The Morgan fingerprint density at radius 2 is 1.70 bits per heavy atom. The van der Waals surface area contributed by atoms with Gasteiger partial charge in [0.1, 0.15) is 0 Å². The normalized spacial score (nSPS) is 19.3. The maximum atomic E-state index is 10.8. The lowest BCUT2D eigenvalue weighted by atomic mass is 9.88. The summed E-state index contributed by atoms with van der Waals surface area (Å²) in [6.45, 7) is 0.503. The smallest absolute Gasteiger partial charge is 0.269 e. The highest BCUT2D eigenvalue weighted by Crippen LogP contribution is 2.22. The molecule has 0 heterocycles. The van der Waals surface area contributed by atoms with Crippen LogP contribution in [0.15, 0.2) is 53.5 Å². The molecule has 6 heteroatoms. The predicted octanol–water partition coefficient (Wildman–Crippen LogP) is 3.35. The van der Waals surface area contributed by atoms with Crippen LogP contribution in [0.5, 0.6) is 0 Å². The Morgan fingerprint density at radius 1 is 1.00 bits per heavy atom. The first-order chi connectivity index (χ1) is 13.2. The van der Waals surface area contributed by atoms with Crippen molar-refractivity contribution in [3.63, 3.8) is 0 Å². The number of hydrogen-bond donors (Lipinski definition) is 2. The van der Waals surface area contributed by atoms with Crippen LogP contribution in [0.25, 0.3) is 0 Å². The SMILES string of the molecule is O=[N+]([O-])c1ccc(CN=C(NC2CC2)NC2CCc3ccccc3C2)cc1. The minimum Gasteiger partial charge on any atom is -0.354 e. The quantitative estimate of drug-likeness (QED) is 0.369. The first-order valence-corrected chi connectivity index (χ1v) is 9.55. The predicted molar refractivity (Wildman–Crippen MR) is 106 cm³/mol. The summed E-state index contributed by atoms with van der Waals surface area (Å²) in [7, 11) is 0. The van der Waals surface area contributed by atoms with Gasteiger partial charge in [0.15, 0.2) is 5.96 Å². The maximum absolute atomic E-state index is 10.8. The van der Waals surface area contributed by atoms with Crippen molar-refractivity contribution in [2.24, 2.45) is 4.99 Å². The van der Waals surface area contributed by atoms with Crippen molar-refractivity contribution in [3.8, 4) is 0 Å². The average Bonchev–Trinajstić information content (AvgIpc) is 3.50. The van der Waals surface area contributed by atoms with Crippen LogP contribution in [-0.4, -0.2) is 23.0 Å². The number of aryl methyl sites for hydroxylation is 1. The number of rotatable bonds is 5. The van der Waals surface area contributed by atoms with E-state index in [-0.39, 0.29) is 10.6 Å². The number of fused-ring (bicyclic) bond motifs is 1. The molecule has 2 aromatic rings. The number of guanidine groups is 1. The van der Waals surface area contributed by atoms with Gasteiger partial charge in [-0.15, -0.1) is 0 Å². The van der Waals surface area contributed by atoms with Crippen molar-refractivity contribution in [1.82, 2.24) is 10.6 Å². The van der Waals surface area contributed by atoms with Gasteiger partial charge in [-0.3, -0.25) is 10.1 Å². The van der Waals surface area contributed by atoms with Gasteiger partial charge >= 0.3 is 0 Å². The van der Waals surface area contributed by atoms with Gasteiger partial charge in [0.25, 0.3) is 5.69 Å². The first-order valence-electron chi connectivity index (χ1n) is 9.55. The fraction of sp³-hybridized carbons (Fsp3) is 0.381. The molecule has 0 radical (unpaired) electrons. The fourth-order valence-corrected chi connectivity index (χ4v) is 3.46. The molecule has 1 atom stereocenters. The second kappa shape index (κ2) is 7.78. The summed E-state index contributed by atoms with van der Waals surface area (Å²) in [6.07, 6.45) is 5.57. The zero-order chi connectivity index (χ0) is 18.6. The van der Waals surface area contributed by atoms with E-state index in [0.29, 0.717) is 18.6 Å². The minimum absolute atomic E-state index is 0.109.